The largest absolute Gasteiger partial charge is 0.383 e. The molecule has 4 heteroatoms. The third-order valence-electron chi connectivity index (χ3n) is 1.95. The molecular weight excluding hydrogens is 204 g/mol. The van der Waals surface area contributed by atoms with Crippen LogP contribution in [0.15, 0.2) is 23.2 Å². The summed E-state index contributed by atoms with van der Waals surface area (Å²) in [6.45, 7) is 9.75. The number of benzene rings is 1. The molecule has 0 aromatic heterocycles. The van der Waals surface area contributed by atoms with E-state index in [-0.39, 0.29) is 5.78 Å². The van der Waals surface area contributed by atoms with E-state index in [4.69, 9.17) is 4.79 Å². The summed E-state index contributed by atoms with van der Waals surface area (Å²) in [7, 11) is 0. The Balaban J connectivity index is 0.00000106. The molecule has 16 heavy (non-hydrogen) atoms. The second-order valence-electron chi connectivity index (χ2n) is 2.94. The minimum Gasteiger partial charge on any atom is -0.383 e. The standard InChI is InChI=1S/C11H14N2O.CH2O/c1-4-13-11-9(8(2)14)6-5-7-10(11)12-3;1-2/h5-7,13H,3-4H2,1-2H3;1H2. The van der Waals surface area contributed by atoms with Crippen LogP contribution < -0.4 is 5.32 Å². The van der Waals surface area contributed by atoms with Crippen LogP contribution in [0.4, 0.5) is 11.4 Å². The van der Waals surface area contributed by atoms with Gasteiger partial charge in [0.25, 0.3) is 0 Å². The number of hydrogen-bond acceptors (Lipinski definition) is 4. The Morgan fingerprint density at radius 3 is 2.50 bits per heavy atom. The summed E-state index contributed by atoms with van der Waals surface area (Å²) >= 11 is 0. The molecule has 0 fully saturated rings. The van der Waals surface area contributed by atoms with Crippen LogP contribution in [-0.4, -0.2) is 25.8 Å². The van der Waals surface area contributed by atoms with Gasteiger partial charge in [-0.05, 0) is 32.7 Å². The van der Waals surface area contributed by atoms with Gasteiger partial charge in [0.2, 0.25) is 0 Å². The molecule has 1 aromatic rings. The summed E-state index contributed by atoms with van der Waals surface area (Å²) in [5, 5.41) is 3.12. The number of nitrogens with zero attached hydrogens (tertiary/aromatic N) is 1. The number of para-hydroxylation sites is 1. The van der Waals surface area contributed by atoms with Crippen molar-refractivity contribution < 1.29 is 9.59 Å². The summed E-state index contributed by atoms with van der Waals surface area (Å²) < 4.78 is 0. The summed E-state index contributed by atoms with van der Waals surface area (Å²) in [5.74, 6) is 0.0338. The highest BCUT2D eigenvalue weighted by atomic mass is 16.1. The van der Waals surface area contributed by atoms with Crippen LogP contribution in [0.2, 0.25) is 0 Å². The number of carbonyl (C=O) groups is 2. The maximum absolute atomic E-state index is 11.3. The lowest BCUT2D eigenvalue weighted by Gasteiger charge is -2.10. The van der Waals surface area contributed by atoms with Crippen molar-refractivity contribution in [3.63, 3.8) is 0 Å². The van der Waals surface area contributed by atoms with Gasteiger partial charge in [0.15, 0.2) is 5.78 Å². The average molecular weight is 220 g/mol. The molecule has 0 aliphatic heterocycles. The van der Waals surface area contributed by atoms with Gasteiger partial charge in [-0.15, -0.1) is 0 Å². The maximum atomic E-state index is 11.3. The zero-order chi connectivity index (χ0) is 12.6. The normalized spacial score (nSPS) is 8.62. The fraction of sp³-hybridized carbons (Fsp3) is 0.250. The highest BCUT2D eigenvalue weighted by Crippen LogP contribution is 2.28. The lowest BCUT2D eigenvalue weighted by molar-refractivity contribution is -0.0979. The van der Waals surface area contributed by atoms with Crippen molar-refractivity contribution in [2.24, 2.45) is 4.99 Å². The van der Waals surface area contributed by atoms with E-state index in [1.54, 1.807) is 13.0 Å². The van der Waals surface area contributed by atoms with E-state index in [9.17, 15) is 4.79 Å². The number of Topliss-reactive ketones (excluding diaryl/α,β-unsaturated/α-hetero) is 1. The summed E-state index contributed by atoms with van der Waals surface area (Å²) in [4.78, 5) is 23.2. The van der Waals surface area contributed by atoms with Crippen molar-refractivity contribution in [3.8, 4) is 0 Å². The van der Waals surface area contributed by atoms with E-state index in [0.29, 0.717) is 5.56 Å². The van der Waals surface area contributed by atoms with Gasteiger partial charge < -0.3 is 10.1 Å². The molecule has 0 bridgehead atoms. The highest BCUT2D eigenvalue weighted by molar-refractivity contribution is 6.02. The van der Waals surface area contributed by atoms with E-state index in [0.717, 1.165) is 17.9 Å². The van der Waals surface area contributed by atoms with Gasteiger partial charge in [-0.1, -0.05) is 6.07 Å². The maximum Gasteiger partial charge on any atom is 0.161 e. The second-order valence-corrected chi connectivity index (χ2v) is 2.94. The van der Waals surface area contributed by atoms with Crippen molar-refractivity contribution in [1.82, 2.24) is 0 Å². The van der Waals surface area contributed by atoms with Gasteiger partial charge in [0, 0.05) is 12.1 Å². The Morgan fingerprint density at radius 2 is 2.06 bits per heavy atom. The SMILES string of the molecule is C=Nc1cccc(C(C)=O)c1NCC.C=O. The molecule has 0 atom stereocenters. The topological polar surface area (TPSA) is 58.5 Å². The number of aliphatic imine (C=N–C) groups is 1. The van der Waals surface area contributed by atoms with Crippen LogP contribution in [0.3, 0.4) is 0 Å². The van der Waals surface area contributed by atoms with Gasteiger partial charge >= 0.3 is 0 Å². The minimum atomic E-state index is 0.0338. The Labute approximate surface area is 95.4 Å². The Bertz CT molecular complexity index is 375. The molecule has 86 valence electrons. The molecule has 1 rings (SSSR count). The number of ketones is 1. The number of nitrogens with one attached hydrogen (secondary N) is 1. The average Bonchev–Trinajstić information content (AvgIpc) is 2.32. The zero-order valence-electron chi connectivity index (χ0n) is 9.62. The van der Waals surface area contributed by atoms with Crippen molar-refractivity contribution in [2.45, 2.75) is 13.8 Å². The van der Waals surface area contributed by atoms with Gasteiger partial charge in [-0.25, -0.2) is 0 Å². The number of rotatable bonds is 4. The van der Waals surface area contributed by atoms with E-state index in [1.165, 1.54) is 0 Å². The summed E-state index contributed by atoms with van der Waals surface area (Å²) in [6, 6.07) is 5.42. The minimum absolute atomic E-state index is 0.0338. The van der Waals surface area contributed by atoms with Crippen molar-refractivity contribution >= 4 is 30.7 Å². The Kier molecular flexibility index (Phi) is 6.43. The molecule has 1 N–H and O–H groups in total. The van der Waals surface area contributed by atoms with Crippen LogP contribution in [0.5, 0.6) is 0 Å². The molecule has 0 spiro atoms. The second kappa shape index (κ2) is 7.34. The summed E-state index contributed by atoms with van der Waals surface area (Å²) in [6.07, 6.45) is 0. The molecule has 0 aliphatic carbocycles. The zero-order valence-corrected chi connectivity index (χ0v) is 9.62. The van der Waals surface area contributed by atoms with Crippen molar-refractivity contribution in [1.29, 1.82) is 0 Å². The fourth-order valence-corrected chi connectivity index (χ4v) is 1.33. The first-order valence-electron chi connectivity index (χ1n) is 4.84. The third kappa shape index (κ3) is 3.31. The molecule has 1 aromatic carbocycles. The Hall–Kier alpha value is -1.97. The van der Waals surface area contributed by atoms with Crippen LogP contribution in [-0.2, 0) is 4.79 Å². The van der Waals surface area contributed by atoms with Crippen LogP contribution in [0.1, 0.15) is 24.2 Å². The number of anilines is 1. The van der Waals surface area contributed by atoms with Crippen LogP contribution in [0.25, 0.3) is 0 Å². The van der Waals surface area contributed by atoms with E-state index >= 15 is 0 Å². The molecule has 0 aliphatic rings. The van der Waals surface area contributed by atoms with Gasteiger partial charge in [-0.3, -0.25) is 9.79 Å². The molecular formula is C12H16N2O2. The molecule has 0 amide bonds. The van der Waals surface area contributed by atoms with Gasteiger partial charge in [0.05, 0.1) is 11.4 Å². The molecule has 0 unspecified atom stereocenters. The van der Waals surface area contributed by atoms with Gasteiger partial charge in [-0.2, -0.15) is 0 Å². The Morgan fingerprint density at radius 1 is 1.44 bits per heavy atom. The van der Waals surface area contributed by atoms with Crippen LogP contribution in [0, 0.1) is 0 Å². The smallest absolute Gasteiger partial charge is 0.161 e. The monoisotopic (exact) mass is 220 g/mol. The predicted molar refractivity (Wildman–Crippen MR) is 66.9 cm³/mol. The van der Waals surface area contributed by atoms with E-state index < -0.39 is 0 Å². The van der Waals surface area contributed by atoms with Crippen LogP contribution >= 0.6 is 0 Å². The third-order valence-corrected chi connectivity index (χ3v) is 1.95. The lowest BCUT2D eigenvalue weighted by atomic mass is 10.1. The summed E-state index contributed by atoms with van der Waals surface area (Å²) in [5.41, 5.74) is 2.16. The van der Waals surface area contributed by atoms with Crippen molar-refractivity contribution in [3.05, 3.63) is 23.8 Å². The van der Waals surface area contributed by atoms with Gasteiger partial charge in [0.1, 0.15) is 6.79 Å². The first kappa shape index (κ1) is 14.0. The molecule has 0 radical (unpaired) electrons. The molecule has 0 saturated carbocycles. The molecule has 4 nitrogen and oxygen atoms in total. The quantitative estimate of drug-likeness (QED) is 0.626. The number of hydrogen-bond donors (Lipinski definition) is 1. The molecule has 0 saturated heterocycles. The van der Waals surface area contributed by atoms with E-state index in [2.05, 4.69) is 17.0 Å². The number of carbonyl (C=O) groups excluding carboxylic acids is 2. The first-order chi connectivity index (χ1) is 7.70. The first-order valence-corrected chi connectivity index (χ1v) is 4.84. The predicted octanol–water partition coefficient (Wildman–Crippen LogP) is 2.47. The van der Waals surface area contributed by atoms with E-state index in [1.807, 2.05) is 25.8 Å². The molecule has 0 heterocycles. The highest BCUT2D eigenvalue weighted by Gasteiger charge is 2.09. The fourth-order valence-electron chi connectivity index (χ4n) is 1.33. The van der Waals surface area contributed by atoms with Crippen molar-refractivity contribution in [2.75, 3.05) is 11.9 Å². The lowest BCUT2D eigenvalue weighted by Crippen LogP contribution is -2.04.